The molecule has 0 atom stereocenters. The maximum Gasteiger partial charge on any atom is 0.191 e. The standard InChI is InChI=1S/C15H32N4/c1-5-9-19-10-7-14(8-11-19)12-17-15(16-6-2)18-13(3)4/h13-14H,5-12H2,1-4H3,(H2,16,17,18). The van der Waals surface area contributed by atoms with Gasteiger partial charge in [0.25, 0.3) is 0 Å². The van der Waals surface area contributed by atoms with E-state index >= 15 is 0 Å². The second-order valence-corrected chi connectivity index (χ2v) is 5.80. The van der Waals surface area contributed by atoms with Crippen molar-refractivity contribution in [3.05, 3.63) is 0 Å². The lowest BCUT2D eigenvalue weighted by atomic mass is 9.97. The minimum absolute atomic E-state index is 0.434. The molecule has 19 heavy (non-hydrogen) atoms. The zero-order valence-corrected chi connectivity index (χ0v) is 13.2. The Balaban J connectivity index is 2.33. The van der Waals surface area contributed by atoms with Crippen molar-refractivity contribution in [3.8, 4) is 0 Å². The second kappa shape index (κ2) is 9.18. The lowest BCUT2D eigenvalue weighted by Crippen LogP contribution is -2.41. The van der Waals surface area contributed by atoms with E-state index in [9.17, 15) is 0 Å². The number of nitrogens with one attached hydrogen (secondary N) is 2. The number of aliphatic imine (C=N–C) groups is 1. The highest BCUT2D eigenvalue weighted by molar-refractivity contribution is 5.79. The smallest absolute Gasteiger partial charge is 0.191 e. The number of guanidine groups is 1. The van der Waals surface area contributed by atoms with Crippen molar-refractivity contribution in [2.24, 2.45) is 10.9 Å². The summed E-state index contributed by atoms with van der Waals surface area (Å²) in [5.74, 6) is 1.73. The molecule has 0 spiro atoms. The molecule has 0 aliphatic carbocycles. The van der Waals surface area contributed by atoms with E-state index in [4.69, 9.17) is 4.99 Å². The van der Waals surface area contributed by atoms with Crippen LogP contribution in [-0.2, 0) is 0 Å². The molecule has 2 N–H and O–H groups in total. The first-order valence-electron chi connectivity index (χ1n) is 7.92. The molecule has 0 aromatic rings. The minimum atomic E-state index is 0.434. The van der Waals surface area contributed by atoms with Crippen LogP contribution in [0.4, 0.5) is 0 Å². The van der Waals surface area contributed by atoms with Crippen molar-refractivity contribution in [2.75, 3.05) is 32.7 Å². The Morgan fingerprint density at radius 2 is 1.95 bits per heavy atom. The van der Waals surface area contributed by atoms with Crippen molar-refractivity contribution in [1.29, 1.82) is 0 Å². The van der Waals surface area contributed by atoms with Crippen LogP contribution in [-0.4, -0.2) is 49.6 Å². The predicted octanol–water partition coefficient (Wildman–Crippen LogP) is 2.07. The van der Waals surface area contributed by atoms with Crippen molar-refractivity contribution >= 4 is 5.96 Å². The van der Waals surface area contributed by atoms with Crippen LogP contribution in [0.25, 0.3) is 0 Å². The van der Waals surface area contributed by atoms with E-state index < -0.39 is 0 Å². The van der Waals surface area contributed by atoms with Gasteiger partial charge in [-0.1, -0.05) is 6.92 Å². The molecular formula is C15H32N4. The molecule has 0 saturated carbocycles. The normalized spacial score (nSPS) is 18.9. The summed E-state index contributed by atoms with van der Waals surface area (Å²) in [4.78, 5) is 7.31. The summed E-state index contributed by atoms with van der Waals surface area (Å²) in [6.45, 7) is 14.3. The molecule has 112 valence electrons. The maximum atomic E-state index is 4.72. The lowest BCUT2D eigenvalue weighted by Gasteiger charge is -2.31. The molecular weight excluding hydrogens is 236 g/mol. The Morgan fingerprint density at radius 3 is 2.47 bits per heavy atom. The molecule has 0 amide bonds. The van der Waals surface area contributed by atoms with E-state index in [0.717, 1.165) is 25.0 Å². The summed E-state index contributed by atoms with van der Waals surface area (Å²) in [6, 6.07) is 0.434. The summed E-state index contributed by atoms with van der Waals surface area (Å²) in [5, 5.41) is 6.69. The average molecular weight is 268 g/mol. The topological polar surface area (TPSA) is 39.7 Å². The average Bonchev–Trinajstić information content (AvgIpc) is 2.38. The van der Waals surface area contributed by atoms with Crippen LogP contribution in [0.3, 0.4) is 0 Å². The first kappa shape index (κ1) is 16.3. The molecule has 1 aliphatic heterocycles. The van der Waals surface area contributed by atoms with E-state index in [2.05, 4.69) is 43.2 Å². The number of likely N-dealkylation sites (tertiary alicyclic amines) is 1. The van der Waals surface area contributed by atoms with Gasteiger partial charge in [-0.2, -0.15) is 0 Å². The fourth-order valence-electron chi connectivity index (χ4n) is 2.52. The summed E-state index contributed by atoms with van der Waals surface area (Å²) < 4.78 is 0. The third-order valence-electron chi connectivity index (χ3n) is 3.52. The highest BCUT2D eigenvalue weighted by Crippen LogP contribution is 2.17. The van der Waals surface area contributed by atoms with Crippen molar-refractivity contribution in [1.82, 2.24) is 15.5 Å². The first-order valence-corrected chi connectivity index (χ1v) is 7.92. The largest absolute Gasteiger partial charge is 0.357 e. The van der Waals surface area contributed by atoms with Gasteiger partial charge < -0.3 is 15.5 Å². The van der Waals surface area contributed by atoms with Crippen LogP contribution in [0.1, 0.15) is 47.0 Å². The Hall–Kier alpha value is -0.770. The molecule has 1 fully saturated rings. The molecule has 4 nitrogen and oxygen atoms in total. The fraction of sp³-hybridized carbons (Fsp3) is 0.933. The minimum Gasteiger partial charge on any atom is -0.357 e. The third-order valence-corrected chi connectivity index (χ3v) is 3.52. The van der Waals surface area contributed by atoms with Crippen molar-refractivity contribution in [2.45, 2.75) is 53.0 Å². The predicted molar refractivity (Wildman–Crippen MR) is 83.7 cm³/mol. The Bertz CT molecular complexity index is 255. The van der Waals surface area contributed by atoms with Gasteiger partial charge in [-0.05, 0) is 65.6 Å². The number of rotatable bonds is 6. The number of piperidine rings is 1. The Morgan fingerprint density at radius 1 is 1.26 bits per heavy atom. The van der Waals surface area contributed by atoms with Crippen LogP contribution >= 0.6 is 0 Å². The van der Waals surface area contributed by atoms with E-state index in [1.54, 1.807) is 0 Å². The van der Waals surface area contributed by atoms with E-state index in [1.165, 1.54) is 38.9 Å². The van der Waals surface area contributed by atoms with Gasteiger partial charge in [0.05, 0.1) is 0 Å². The summed E-state index contributed by atoms with van der Waals surface area (Å²) in [7, 11) is 0. The molecule has 0 aromatic heterocycles. The Labute approximate surface area is 119 Å². The molecule has 1 rings (SSSR count). The lowest BCUT2D eigenvalue weighted by molar-refractivity contribution is 0.188. The van der Waals surface area contributed by atoms with Crippen LogP contribution in [0.2, 0.25) is 0 Å². The van der Waals surface area contributed by atoms with Gasteiger partial charge in [0.15, 0.2) is 5.96 Å². The second-order valence-electron chi connectivity index (χ2n) is 5.80. The van der Waals surface area contributed by atoms with E-state index in [1.807, 2.05) is 0 Å². The highest BCUT2D eigenvalue weighted by Gasteiger charge is 2.18. The molecule has 1 aliphatic rings. The van der Waals surface area contributed by atoms with Crippen LogP contribution in [0.15, 0.2) is 4.99 Å². The Kier molecular flexibility index (Phi) is 7.87. The third kappa shape index (κ3) is 6.81. The summed E-state index contributed by atoms with van der Waals surface area (Å²) in [6.07, 6.45) is 3.86. The zero-order valence-electron chi connectivity index (χ0n) is 13.2. The maximum absolute atomic E-state index is 4.72. The zero-order chi connectivity index (χ0) is 14.1. The first-order chi connectivity index (χ1) is 9.15. The van der Waals surface area contributed by atoms with E-state index in [0.29, 0.717) is 6.04 Å². The van der Waals surface area contributed by atoms with Crippen molar-refractivity contribution in [3.63, 3.8) is 0 Å². The SMILES string of the molecule is CCCN1CCC(CN=C(NCC)NC(C)C)CC1. The summed E-state index contributed by atoms with van der Waals surface area (Å²) >= 11 is 0. The fourth-order valence-corrected chi connectivity index (χ4v) is 2.52. The van der Waals surface area contributed by atoms with E-state index in [-0.39, 0.29) is 0 Å². The summed E-state index contributed by atoms with van der Waals surface area (Å²) in [5.41, 5.74) is 0. The van der Waals surface area contributed by atoms with Gasteiger partial charge in [-0.25, -0.2) is 0 Å². The molecule has 0 unspecified atom stereocenters. The van der Waals surface area contributed by atoms with Crippen LogP contribution < -0.4 is 10.6 Å². The highest BCUT2D eigenvalue weighted by atomic mass is 15.2. The van der Waals surface area contributed by atoms with Gasteiger partial charge in [0, 0.05) is 19.1 Å². The van der Waals surface area contributed by atoms with Gasteiger partial charge in [-0.3, -0.25) is 4.99 Å². The molecule has 0 aromatic carbocycles. The van der Waals surface area contributed by atoms with Gasteiger partial charge in [-0.15, -0.1) is 0 Å². The van der Waals surface area contributed by atoms with Gasteiger partial charge in [0.2, 0.25) is 0 Å². The quantitative estimate of drug-likeness (QED) is 0.572. The number of hydrogen-bond donors (Lipinski definition) is 2. The van der Waals surface area contributed by atoms with Crippen molar-refractivity contribution < 1.29 is 0 Å². The molecule has 1 saturated heterocycles. The molecule has 0 radical (unpaired) electrons. The number of nitrogens with zero attached hydrogens (tertiary/aromatic N) is 2. The molecule has 4 heteroatoms. The van der Waals surface area contributed by atoms with Gasteiger partial charge >= 0.3 is 0 Å². The molecule has 1 heterocycles. The van der Waals surface area contributed by atoms with Crippen LogP contribution in [0, 0.1) is 5.92 Å². The van der Waals surface area contributed by atoms with Crippen LogP contribution in [0.5, 0.6) is 0 Å². The molecule has 0 bridgehead atoms. The monoisotopic (exact) mass is 268 g/mol. The number of hydrogen-bond acceptors (Lipinski definition) is 2. The van der Waals surface area contributed by atoms with Gasteiger partial charge in [0.1, 0.15) is 0 Å².